The minimum atomic E-state index is -1.35. The summed E-state index contributed by atoms with van der Waals surface area (Å²) in [6, 6.07) is -1.19. The summed E-state index contributed by atoms with van der Waals surface area (Å²) in [6.07, 6.45) is 5.92. The molecule has 0 aliphatic heterocycles. The molecule has 72 heavy (non-hydrogen) atoms. The van der Waals surface area contributed by atoms with Gasteiger partial charge in [0.2, 0.25) is 35.4 Å². The second-order valence-electron chi connectivity index (χ2n) is 17.6. The van der Waals surface area contributed by atoms with Gasteiger partial charge in [-0.05, 0) is 134 Å². The molecule has 0 aliphatic carbocycles. The molecule has 404 valence electrons. The molecule has 26 N–H and O–H groups in total. The van der Waals surface area contributed by atoms with E-state index in [1.165, 1.54) is 0 Å². The maximum absolute atomic E-state index is 14.6. The number of aliphatic imine (C=N–C) groups is 2. The minimum absolute atomic E-state index is 0.0297. The van der Waals surface area contributed by atoms with Gasteiger partial charge in [-0.15, -0.1) is 0 Å². The molecule has 26 nitrogen and oxygen atoms in total. The van der Waals surface area contributed by atoms with Gasteiger partial charge in [-0.1, -0.05) is 18.2 Å². The lowest BCUT2D eigenvalue weighted by molar-refractivity contribution is -0.142. The highest BCUT2D eigenvalue weighted by Gasteiger charge is 2.34. The van der Waals surface area contributed by atoms with Crippen LogP contribution in [0.15, 0.2) is 40.4 Å². The molecule has 1 aromatic heterocycles. The third-order valence-electron chi connectivity index (χ3n) is 11.7. The predicted molar refractivity (Wildman–Crippen MR) is 276 cm³/mol. The number of aromatic amines is 1. The van der Waals surface area contributed by atoms with Gasteiger partial charge in [0.1, 0.15) is 36.3 Å². The summed E-state index contributed by atoms with van der Waals surface area (Å²) < 4.78 is 0. The van der Waals surface area contributed by atoms with Crippen molar-refractivity contribution in [2.45, 2.75) is 145 Å². The van der Waals surface area contributed by atoms with Crippen LogP contribution < -0.4 is 83.5 Å². The van der Waals surface area contributed by atoms with Crippen LogP contribution in [0.25, 0.3) is 10.9 Å². The Morgan fingerprint density at radius 1 is 0.486 bits per heavy atom. The zero-order chi connectivity index (χ0) is 53.4. The number of aromatic nitrogens is 1. The molecule has 0 unspecified atom stereocenters. The van der Waals surface area contributed by atoms with Crippen LogP contribution in [0.1, 0.15) is 102 Å². The van der Waals surface area contributed by atoms with Crippen LogP contribution >= 0.6 is 0 Å². The molecule has 0 bridgehead atoms. The standard InChI is InChI=1S/C46H82N18O8/c47-20-6-3-15-32(39(66)60-33(16-4-7-21-48)41(68)63-36(44(71)72)17-5-8-22-49)62-43(70)37(26-28-27-58-31-14-2-1-12-29(28)31)64-42(69)34(18-9-23-50)61-40(67)35(19-11-25-57-46(54)55)59-38(65)30(51)13-10-24-56-45(52)53/h1-2,12,14,27,30,32-37,58H,3-11,13,15-26,47-51H2,(H,59,65)(H,60,66)(H,61,67)(H,62,70)(H,63,68)(H,64,69)(H,71,72)(H4,52,53,56)(H4,54,55,57)/t30-,32-,33-,34-,35-,36-,37-/m0/s1. The smallest absolute Gasteiger partial charge is 0.326 e. The number of carboxylic acids is 1. The van der Waals surface area contributed by atoms with Crippen molar-refractivity contribution in [2.24, 2.45) is 61.6 Å². The lowest BCUT2D eigenvalue weighted by Gasteiger charge is -2.28. The van der Waals surface area contributed by atoms with Gasteiger partial charge in [-0.25, -0.2) is 4.79 Å². The van der Waals surface area contributed by atoms with E-state index in [1.54, 1.807) is 6.20 Å². The number of nitrogens with one attached hydrogen (secondary N) is 7. The number of hydrogen-bond donors (Lipinski definition) is 17. The second-order valence-corrected chi connectivity index (χ2v) is 17.6. The van der Waals surface area contributed by atoms with Crippen molar-refractivity contribution in [1.82, 2.24) is 36.9 Å². The minimum Gasteiger partial charge on any atom is -0.480 e. The van der Waals surface area contributed by atoms with E-state index >= 15 is 0 Å². The van der Waals surface area contributed by atoms with Crippen molar-refractivity contribution in [3.8, 4) is 0 Å². The molecule has 0 spiro atoms. The van der Waals surface area contributed by atoms with Crippen LogP contribution in [0.3, 0.4) is 0 Å². The molecule has 6 amide bonds. The summed E-state index contributed by atoms with van der Waals surface area (Å²) in [5.41, 5.74) is 52.3. The Morgan fingerprint density at radius 2 is 0.861 bits per heavy atom. The number of benzene rings is 1. The number of carbonyl (C=O) groups excluding carboxylic acids is 6. The number of aliphatic carboxylic acids is 1. The zero-order valence-electron chi connectivity index (χ0n) is 41.4. The first-order valence-corrected chi connectivity index (χ1v) is 24.7. The van der Waals surface area contributed by atoms with Crippen LogP contribution in [-0.2, 0) is 40.0 Å². The van der Waals surface area contributed by atoms with Gasteiger partial charge in [0, 0.05) is 36.6 Å². The maximum Gasteiger partial charge on any atom is 0.326 e. The van der Waals surface area contributed by atoms with Crippen molar-refractivity contribution in [3.63, 3.8) is 0 Å². The summed E-state index contributed by atoms with van der Waals surface area (Å²) in [5.74, 6) is -5.88. The Kier molecular flexibility index (Phi) is 29.6. The lowest BCUT2D eigenvalue weighted by Crippen LogP contribution is -2.60. The monoisotopic (exact) mass is 1010 g/mol. The Bertz CT molecular complexity index is 2060. The summed E-state index contributed by atoms with van der Waals surface area (Å²) in [7, 11) is 0. The SMILES string of the molecule is NCCCC[C@H](NC(=O)[C@H](CCCCN)NC(=O)[C@H](CCCCN)NC(=O)[C@H](Cc1c[nH]c2ccccc12)NC(=O)[C@H](CCCN)NC(=O)[C@H](CCCN=C(N)N)NC(=O)[C@@H](N)CCCN=C(N)N)C(=O)O. The van der Waals surface area contributed by atoms with Gasteiger partial charge in [0.25, 0.3) is 0 Å². The van der Waals surface area contributed by atoms with E-state index in [2.05, 4.69) is 46.9 Å². The number of amides is 6. The molecular formula is C46H82N18O8. The van der Waals surface area contributed by atoms with Crippen LogP contribution in [-0.4, -0.2) is 145 Å². The van der Waals surface area contributed by atoms with E-state index in [9.17, 15) is 38.7 Å². The van der Waals surface area contributed by atoms with Crippen LogP contribution in [0, 0.1) is 0 Å². The Labute approximate surface area is 420 Å². The Hall–Kier alpha value is -6.61. The number of rotatable bonds is 38. The molecule has 1 aromatic carbocycles. The van der Waals surface area contributed by atoms with Crippen LogP contribution in [0.4, 0.5) is 0 Å². The van der Waals surface area contributed by atoms with Gasteiger partial charge in [0.15, 0.2) is 11.9 Å². The van der Waals surface area contributed by atoms with E-state index < -0.39 is 83.7 Å². The van der Waals surface area contributed by atoms with E-state index in [0.29, 0.717) is 63.6 Å². The molecule has 26 heteroatoms. The lowest BCUT2D eigenvalue weighted by atomic mass is 10.0. The highest BCUT2D eigenvalue weighted by Crippen LogP contribution is 2.20. The molecule has 0 radical (unpaired) electrons. The molecule has 1 heterocycles. The van der Waals surface area contributed by atoms with E-state index in [0.717, 1.165) is 10.9 Å². The number of guanidine groups is 2. The number of carboxylic acid groups (broad SMARTS) is 1. The molecule has 2 aromatic rings. The summed E-state index contributed by atoms with van der Waals surface area (Å²) in [6.45, 7) is 1.45. The normalized spacial score (nSPS) is 14.0. The van der Waals surface area contributed by atoms with Crippen molar-refractivity contribution in [1.29, 1.82) is 0 Å². The topological polar surface area (TPSA) is 487 Å². The zero-order valence-corrected chi connectivity index (χ0v) is 41.4. The molecule has 0 saturated heterocycles. The third-order valence-corrected chi connectivity index (χ3v) is 11.7. The number of unbranched alkanes of at least 4 members (excludes halogenated alkanes) is 3. The van der Waals surface area contributed by atoms with Crippen molar-refractivity contribution >= 4 is 64.2 Å². The molecular weight excluding hydrogens is 933 g/mol. The Morgan fingerprint density at radius 3 is 1.32 bits per heavy atom. The number of fused-ring (bicyclic) bond motifs is 1. The number of nitrogens with zero attached hydrogens (tertiary/aromatic N) is 2. The fourth-order valence-electron chi connectivity index (χ4n) is 7.66. The van der Waals surface area contributed by atoms with Crippen LogP contribution in [0.5, 0.6) is 0 Å². The third kappa shape index (κ3) is 23.5. The van der Waals surface area contributed by atoms with Gasteiger partial charge >= 0.3 is 5.97 Å². The maximum atomic E-state index is 14.6. The second kappa shape index (κ2) is 34.7. The number of nitrogens with two attached hydrogens (primary N) is 9. The first-order valence-electron chi connectivity index (χ1n) is 24.7. The van der Waals surface area contributed by atoms with E-state index in [-0.39, 0.29) is 95.9 Å². The van der Waals surface area contributed by atoms with E-state index in [4.69, 9.17) is 51.6 Å². The largest absolute Gasteiger partial charge is 0.480 e. The highest BCUT2D eigenvalue weighted by atomic mass is 16.4. The fourth-order valence-corrected chi connectivity index (χ4v) is 7.66. The molecule has 0 saturated carbocycles. The van der Waals surface area contributed by atoms with Crippen molar-refractivity contribution in [3.05, 3.63) is 36.0 Å². The Balaban J connectivity index is 2.51. The number of H-pyrrole nitrogens is 1. The predicted octanol–water partition coefficient (Wildman–Crippen LogP) is -3.74. The fraction of sp³-hybridized carbons (Fsp3) is 0.630. The van der Waals surface area contributed by atoms with Crippen LogP contribution in [0.2, 0.25) is 0 Å². The van der Waals surface area contributed by atoms with Crippen molar-refractivity contribution < 1.29 is 38.7 Å². The summed E-state index contributed by atoms with van der Waals surface area (Å²) in [4.78, 5) is 107. The molecule has 2 rings (SSSR count). The average Bonchev–Trinajstić information content (AvgIpc) is 3.75. The first kappa shape index (κ1) is 61.5. The number of hydrogen-bond acceptors (Lipinski definition) is 14. The quantitative estimate of drug-likeness (QED) is 0.0175. The van der Waals surface area contributed by atoms with Gasteiger partial charge < -0.3 is 93.6 Å². The molecule has 7 atom stereocenters. The molecule has 0 fully saturated rings. The highest BCUT2D eigenvalue weighted by molar-refractivity contribution is 5.97. The van der Waals surface area contributed by atoms with E-state index in [1.807, 2.05) is 24.3 Å². The first-order chi connectivity index (χ1) is 34.4. The summed E-state index contributed by atoms with van der Waals surface area (Å²) >= 11 is 0. The number of carbonyl (C=O) groups is 7. The van der Waals surface area contributed by atoms with Gasteiger partial charge in [-0.2, -0.15) is 0 Å². The average molecular weight is 1020 g/mol. The molecule has 0 aliphatic rings. The van der Waals surface area contributed by atoms with Gasteiger partial charge in [0.05, 0.1) is 6.04 Å². The van der Waals surface area contributed by atoms with Gasteiger partial charge in [-0.3, -0.25) is 38.8 Å². The number of para-hydroxylation sites is 1. The summed E-state index contributed by atoms with van der Waals surface area (Å²) in [5, 5.41) is 26.9. The van der Waals surface area contributed by atoms with Crippen molar-refractivity contribution in [2.75, 3.05) is 39.3 Å².